The van der Waals surface area contributed by atoms with Gasteiger partial charge in [0, 0.05) is 13.5 Å². The van der Waals surface area contributed by atoms with Crippen LogP contribution < -0.4 is 0 Å². The predicted molar refractivity (Wildman–Crippen MR) is 78.7 cm³/mol. The summed E-state index contributed by atoms with van der Waals surface area (Å²) in [6.45, 7) is 4.20. The summed E-state index contributed by atoms with van der Waals surface area (Å²) in [5, 5.41) is 14.4. The minimum absolute atomic E-state index is 0.252. The first-order chi connectivity index (χ1) is 8.56. The molecule has 0 bridgehead atoms. The number of rotatable bonds is 8. The Labute approximate surface area is 119 Å². The highest BCUT2D eigenvalue weighted by Crippen LogP contribution is 2.22. The first kappa shape index (κ1) is 15.7. The van der Waals surface area contributed by atoms with Gasteiger partial charge in [0.25, 0.3) is 0 Å². The van der Waals surface area contributed by atoms with E-state index in [0.29, 0.717) is 6.42 Å². The van der Waals surface area contributed by atoms with Gasteiger partial charge in [-0.3, -0.25) is 4.68 Å². The van der Waals surface area contributed by atoms with Gasteiger partial charge in [-0.1, -0.05) is 39.0 Å². The second-order valence-electron chi connectivity index (χ2n) is 5.03. The average molecular weight is 317 g/mol. The van der Waals surface area contributed by atoms with E-state index < -0.39 is 0 Å². The van der Waals surface area contributed by atoms with Crippen molar-refractivity contribution in [3.8, 4) is 0 Å². The Bertz CT molecular complexity index is 363. The third-order valence-corrected chi connectivity index (χ3v) is 4.36. The minimum Gasteiger partial charge on any atom is -0.393 e. The van der Waals surface area contributed by atoms with Crippen molar-refractivity contribution in [2.75, 3.05) is 0 Å². The number of unbranched alkanes of at least 4 members (excludes halogenated alkanes) is 4. The van der Waals surface area contributed by atoms with Crippen molar-refractivity contribution < 1.29 is 5.11 Å². The SMILES string of the molecule is CCCCCCCC(O)Cc1c(Br)c(C)nn1C. The Kier molecular flexibility index (Phi) is 6.94. The number of hydrogen-bond acceptors (Lipinski definition) is 2. The normalized spacial score (nSPS) is 12.9. The molecule has 4 heteroatoms. The maximum Gasteiger partial charge on any atom is 0.0738 e. The van der Waals surface area contributed by atoms with Crippen molar-refractivity contribution in [2.24, 2.45) is 7.05 Å². The quantitative estimate of drug-likeness (QED) is 0.742. The van der Waals surface area contributed by atoms with Gasteiger partial charge < -0.3 is 5.11 Å². The van der Waals surface area contributed by atoms with Crippen LogP contribution in [0.4, 0.5) is 0 Å². The first-order valence-electron chi connectivity index (χ1n) is 6.92. The Balaban J connectivity index is 2.33. The van der Waals surface area contributed by atoms with Crippen LogP contribution in [0.5, 0.6) is 0 Å². The zero-order chi connectivity index (χ0) is 13.5. The van der Waals surface area contributed by atoms with Crippen LogP contribution in [0.2, 0.25) is 0 Å². The van der Waals surface area contributed by atoms with Gasteiger partial charge in [-0.15, -0.1) is 0 Å². The van der Waals surface area contributed by atoms with Crippen LogP contribution >= 0.6 is 15.9 Å². The van der Waals surface area contributed by atoms with Crippen LogP contribution in [0.1, 0.15) is 56.8 Å². The molecule has 1 rings (SSSR count). The number of nitrogens with zero attached hydrogens (tertiary/aromatic N) is 2. The van der Waals surface area contributed by atoms with E-state index in [1.807, 2.05) is 18.7 Å². The number of aromatic nitrogens is 2. The van der Waals surface area contributed by atoms with Crippen LogP contribution in [-0.2, 0) is 13.5 Å². The second-order valence-corrected chi connectivity index (χ2v) is 5.82. The van der Waals surface area contributed by atoms with Crippen LogP contribution in [-0.4, -0.2) is 21.0 Å². The molecule has 0 saturated carbocycles. The lowest BCUT2D eigenvalue weighted by atomic mass is 10.0. The van der Waals surface area contributed by atoms with E-state index >= 15 is 0 Å². The van der Waals surface area contributed by atoms with E-state index in [0.717, 1.165) is 28.7 Å². The topological polar surface area (TPSA) is 38.1 Å². The summed E-state index contributed by atoms with van der Waals surface area (Å²) >= 11 is 3.54. The summed E-state index contributed by atoms with van der Waals surface area (Å²) in [4.78, 5) is 0. The van der Waals surface area contributed by atoms with E-state index in [9.17, 15) is 5.11 Å². The smallest absolute Gasteiger partial charge is 0.0738 e. The van der Waals surface area contributed by atoms with Gasteiger partial charge in [0.2, 0.25) is 0 Å². The van der Waals surface area contributed by atoms with E-state index in [-0.39, 0.29) is 6.10 Å². The lowest BCUT2D eigenvalue weighted by Gasteiger charge is -2.11. The Morgan fingerprint density at radius 2 is 1.94 bits per heavy atom. The number of aliphatic hydroxyl groups is 1. The van der Waals surface area contributed by atoms with Crippen LogP contribution in [0.15, 0.2) is 4.47 Å². The molecule has 104 valence electrons. The lowest BCUT2D eigenvalue weighted by molar-refractivity contribution is 0.158. The molecule has 0 aliphatic carbocycles. The summed E-state index contributed by atoms with van der Waals surface area (Å²) in [6, 6.07) is 0. The monoisotopic (exact) mass is 316 g/mol. The first-order valence-corrected chi connectivity index (χ1v) is 7.71. The molecule has 1 aromatic heterocycles. The van der Waals surface area contributed by atoms with Crippen LogP contribution in [0, 0.1) is 6.92 Å². The molecule has 1 aromatic rings. The highest BCUT2D eigenvalue weighted by atomic mass is 79.9. The van der Waals surface area contributed by atoms with Gasteiger partial charge in [-0.05, 0) is 29.3 Å². The molecule has 3 nitrogen and oxygen atoms in total. The maximum atomic E-state index is 10.1. The number of halogens is 1. The van der Waals surface area contributed by atoms with Crippen LogP contribution in [0.3, 0.4) is 0 Å². The number of aryl methyl sites for hydroxylation is 2. The molecule has 1 unspecified atom stereocenters. The molecule has 0 saturated heterocycles. The third kappa shape index (κ3) is 4.73. The maximum absolute atomic E-state index is 10.1. The molecule has 1 heterocycles. The molecule has 0 aliphatic rings. The zero-order valence-corrected chi connectivity index (χ0v) is 13.3. The molecule has 1 atom stereocenters. The zero-order valence-electron chi connectivity index (χ0n) is 11.7. The lowest BCUT2D eigenvalue weighted by Crippen LogP contribution is -2.13. The van der Waals surface area contributed by atoms with Crippen molar-refractivity contribution in [3.05, 3.63) is 15.9 Å². The fourth-order valence-corrected chi connectivity index (χ4v) is 2.71. The van der Waals surface area contributed by atoms with E-state index in [1.165, 1.54) is 25.7 Å². The molecule has 0 radical (unpaired) electrons. The summed E-state index contributed by atoms with van der Waals surface area (Å²) in [7, 11) is 1.93. The molecular formula is C14H25BrN2O. The minimum atomic E-state index is -0.252. The third-order valence-electron chi connectivity index (χ3n) is 3.33. The van der Waals surface area contributed by atoms with Crippen molar-refractivity contribution in [1.29, 1.82) is 0 Å². The summed E-state index contributed by atoms with van der Waals surface area (Å²) in [5.74, 6) is 0. The fraction of sp³-hybridized carbons (Fsp3) is 0.786. The summed E-state index contributed by atoms with van der Waals surface area (Å²) in [5.41, 5.74) is 2.08. The van der Waals surface area contributed by atoms with Crippen molar-refractivity contribution in [3.63, 3.8) is 0 Å². The summed E-state index contributed by atoms with van der Waals surface area (Å²) < 4.78 is 2.90. The van der Waals surface area contributed by atoms with E-state index in [2.05, 4.69) is 28.0 Å². The van der Waals surface area contributed by atoms with Crippen molar-refractivity contribution >= 4 is 15.9 Å². The highest BCUT2D eigenvalue weighted by Gasteiger charge is 2.14. The summed E-state index contributed by atoms with van der Waals surface area (Å²) in [6.07, 6.45) is 7.54. The Hall–Kier alpha value is -0.350. The Morgan fingerprint density at radius 3 is 2.50 bits per heavy atom. The van der Waals surface area contributed by atoms with Crippen molar-refractivity contribution in [2.45, 2.75) is 64.9 Å². The van der Waals surface area contributed by atoms with Gasteiger partial charge in [-0.2, -0.15) is 5.10 Å². The van der Waals surface area contributed by atoms with Gasteiger partial charge in [-0.25, -0.2) is 0 Å². The molecule has 0 fully saturated rings. The molecule has 1 N–H and O–H groups in total. The predicted octanol–water partition coefficient (Wildman–Crippen LogP) is 3.75. The standard InChI is InChI=1S/C14H25BrN2O/c1-4-5-6-7-8-9-12(18)10-13-14(15)11(2)16-17(13)3/h12,18H,4-10H2,1-3H3. The second kappa shape index (κ2) is 7.95. The van der Waals surface area contributed by atoms with Gasteiger partial charge in [0.15, 0.2) is 0 Å². The largest absolute Gasteiger partial charge is 0.393 e. The van der Waals surface area contributed by atoms with E-state index in [1.54, 1.807) is 0 Å². The van der Waals surface area contributed by atoms with E-state index in [4.69, 9.17) is 0 Å². The van der Waals surface area contributed by atoms with Crippen LogP contribution in [0.25, 0.3) is 0 Å². The number of aliphatic hydroxyl groups excluding tert-OH is 1. The molecule has 18 heavy (non-hydrogen) atoms. The molecule has 0 amide bonds. The Morgan fingerprint density at radius 1 is 1.28 bits per heavy atom. The molecule has 0 aromatic carbocycles. The highest BCUT2D eigenvalue weighted by molar-refractivity contribution is 9.10. The fourth-order valence-electron chi connectivity index (χ4n) is 2.21. The molecule has 0 aliphatic heterocycles. The van der Waals surface area contributed by atoms with Crippen molar-refractivity contribution in [1.82, 2.24) is 9.78 Å². The van der Waals surface area contributed by atoms with Gasteiger partial charge in [0.05, 0.1) is 22.0 Å². The average Bonchev–Trinajstić information content (AvgIpc) is 2.56. The van der Waals surface area contributed by atoms with Gasteiger partial charge >= 0.3 is 0 Å². The molecule has 0 spiro atoms. The molecular weight excluding hydrogens is 292 g/mol. The number of hydrogen-bond donors (Lipinski definition) is 1. The van der Waals surface area contributed by atoms with Gasteiger partial charge in [0.1, 0.15) is 0 Å².